The Balaban J connectivity index is 1.42. The fourth-order valence-corrected chi connectivity index (χ4v) is 4.93. The highest BCUT2D eigenvalue weighted by Gasteiger charge is 2.32. The number of aliphatic hydroxyl groups excluding tert-OH is 1. The molecular formula is C35H40N4O8. The van der Waals surface area contributed by atoms with Gasteiger partial charge in [0.2, 0.25) is 0 Å². The minimum absolute atomic E-state index is 0.162. The Morgan fingerprint density at radius 1 is 1.06 bits per heavy atom. The van der Waals surface area contributed by atoms with Crippen LogP contribution in [0, 0.1) is 0 Å². The van der Waals surface area contributed by atoms with Crippen molar-refractivity contribution >= 4 is 18.2 Å². The maximum atomic E-state index is 12.5. The normalized spacial score (nSPS) is 14.9. The Bertz CT molecular complexity index is 1620. The first-order chi connectivity index (χ1) is 22.8. The van der Waals surface area contributed by atoms with E-state index in [2.05, 4.69) is 27.7 Å². The molecule has 3 aromatic rings. The topological polar surface area (TPSA) is 149 Å². The number of aliphatic hydroxyl groups is 1. The van der Waals surface area contributed by atoms with Gasteiger partial charge in [0.15, 0.2) is 29.2 Å². The predicted octanol–water partition coefficient (Wildman–Crippen LogP) is 4.52. The zero-order valence-electron chi connectivity index (χ0n) is 26.9. The van der Waals surface area contributed by atoms with Crippen molar-refractivity contribution < 1.29 is 38.4 Å². The highest BCUT2D eigenvalue weighted by molar-refractivity contribution is 5.95. The second-order valence-electron chi connectivity index (χ2n) is 10.4. The van der Waals surface area contributed by atoms with Gasteiger partial charge in [0.1, 0.15) is 13.2 Å². The second kappa shape index (κ2) is 16.7. The molecule has 4 rings (SSSR count). The molecule has 1 aliphatic heterocycles. The van der Waals surface area contributed by atoms with Gasteiger partial charge < -0.3 is 39.4 Å². The van der Waals surface area contributed by atoms with Gasteiger partial charge in [0.25, 0.3) is 0 Å². The minimum Gasteiger partial charge on any atom is -0.493 e. The van der Waals surface area contributed by atoms with E-state index in [1.54, 1.807) is 50.6 Å². The van der Waals surface area contributed by atoms with Gasteiger partial charge in [-0.2, -0.15) is 5.10 Å². The summed E-state index contributed by atoms with van der Waals surface area (Å²) in [6, 6.07) is 17.4. The Kier molecular flexibility index (Phi) is 12.2. The van der Waals surface area contributed by atoms with E-state index in [0.717, 1.165) is 16.7 Å². The van der Waals surface area contributed by atoms with Gasteiger partial charge >= 0.3 is 12.0 Å². The first-order valence-corrected chi connectivity index (χ1v) is 15.0. The Morgan fingerprint density at radius 2 is 1.85 bits per heavy atom. The van der Waals surface area contributed by atoms with Crippen molar-refractivity contribution in [3.05, 3.63) is 107 Å². The monoisotopic (exact) mass is 644 g/mol. The molecule has 0 bridgehead atoms. The molecule has 0 saturated carbocycles. The number of nitrogens with zero attached hydrogens (tertiary/aromatic N) is 1. The number of esters is 1. The third-order valence-electron chi connectivity index (χ3n) is 7.07. The molecule has 248 valence electrons. The molecule has 47 heavy (non-hydrogen) atoms. The van der Waals surface area contributed by atoms with Crippen molar-refractivity contribution in [2.45, 2.75) is 39.1 Å². The molecule has 12 heteroatoms. The number of ether oxygens (including phenoxy) is 5. The molecule has 4 N–H and O–H groups in total. The third kappa shape index (κ3) is 9.04. The summed E-state index contributed by atoms with van der Waals surface area (Å²) in [5.74, 6) is 1.32. The van der Waals surface area contributed by atoms with Gasteiger partial charge in [-0.15, -0.1) is 6.58 Å². The zero-order valence-corrected chi connectivity index (χ0v) is 26.9. The Hall–Kier alpha value is -5.49. The van der Waals surface area contributed by atoms with Crippen LogP contribution in [-0.2, 0) is 22.6 Å². The first-order valence-electron chi connectivity index (χ1n) is 15.0. The second-order valence-corrected chi connectivity index (χ2v) is 10.4. The highest BCUT2D eigenvalue weighted by atomic mass is 16.5. The van der Waals surface area contributed by atoms with E-state index in [1.165, 1.54) is 7.11 Å². The molecule has 0 fully saturated rings. The lowest BCUT2D eigenvalue weighted by molar-refractivity contribution is -0.136. The zero-order chi connectivity index (χ0) is 33.8. The van der Waals surface area contributed by atoms with Crippen LogP contribution in [0.1, 0.15) is 42.1 Å². The van der Waals surface area contributed by atoms with Gasteiger partial charge in [0.05, 0.1) is 38.7 Å². The molecular weight excluding hydrogens is 604 g/mol. The van der Waals surface area contributed by atoms with Crippen LogP contribution in [-0.4, -0.2) is 57.0 Å². The van der Waals surface area contributed by atoms with Crippen molar-refractivity contribution in [1.29, 1.82) is 0 Å². The molecule has 2 atom stereocenters. The molecule has 1 heterocycles. The lowest BCUT2D eigenvalue weighted by Gasteiger charge is -2.28. The smallest absolute Gasteiger partial charge is 0.337 e. The van der Waals surface area contributed by atoms with E-state index in [9.17, 15) is 14.7 Å². The predicted molar refractivity (Wildman–Crippen MR) is 177 cm³/mol. The van der Waals surface area contributed by atoms with E-state index in [4.69, 9.17) is 23.7 Å². The largest absolute Gasteiger partial charge is 0.493 e. The van der Waals surface area contributed by atoms with E-state index >= 15 is 0 Å². The lowest BCUT2D eigenvalue weighted by atomic mass is 9.95. The average molecular weight is 645 g/mol. The van der Waals surface area contributed by atoms with E-state index in [0.29, 0.717) is 53.9 Å². The Morgan fingerprint density at radius 3 is 2.55 bits per heavy atom. The van der Waals surface area contributed by atoms with Gasteiger partial charge in [-0.3, -0.25) is 5.43 Å². The summed E-state index contributed by atoms with van der Waals surface area (Å²) in [6.07, 6.45) is 2.73. The van der Waals surface area contributed by atoms with Crippen LogP contribution in [0.5, 0.6) is 23.0 Å². The fourth-order valence-electron chi connectivity index (χ4n) is 4.93. The molecule has 0 radical (unpaired) electrons. The number of carbonyl (C=O) groups excluding carboxylic acids is 2. The van der Waals surface area contributed by atoms with Gasteiger partial charge in [-0.25, -0.2) is 9.59 Å². The summed E-state index contributed by atoms with van der Waals surface area (Å²) in [5, 5.41) is 20.1. The number of nitrogens with one attached hydrogen (secondary N) is 3. The van der Waals surface area contributed by atoms with Gasteiger partial charge in [-0.05, 0) is 61.2 Å². The molecule has 0 unspecified atom stereocenters. The summed E-state index contributed by atoms with van der Waals surface area (Å²) in [4.78, 5) is 24.7. The van der Waals surface area contributed by atoms with Crippen molar-refractivity contribution in [1.82, 2.24) is 16.1 Å². The molecule has 0 saturated heterocycles. The number of allylic oxidation sites excluding steroid dienone is 2. The van der Waals surface area contributed by atoms with Crippen molar-refractivity contribution in [3.63, 3.8) is 0 Å². The van der Waals surface area contributed by atoms with Crippen molar-refractivity contribution in [2.24, 2.45) is 5.10 Å². The number of hydrogen-bond donors (Lipinski definition) is 4. The number of rotatable bonds is 16. The summed E-state index contributed by atoms with van der Waals surface area (Å²) in [7, 11) is 2.85. The lowest BCUT2D eigenvalue weighted by Crippen LogP contribution is -2.45. The molecule has 0 aromatic heterocycles. The van der Waals surface area contributed by atoms with Gasteiger partial charge in [-0.1, -0.05) is 42.5 Å². The average Bonchev–Trinajstić information content (AvgIpc) is 3.07. The quantitative estimate of drug-likeness (QED) is 0.0581. The number of benzene rings is 3. The third-order valence-corrected chi connectivity index (χ3v) is 7.07. The molecule has 0 aliphatic carbocycles. The number of hydrogen-bond acceptors (Lipinski definition) is 10. The van der Waals surface area contributed by atoms with E-state index < -0.39 is 24.3 Å². The molecule has 0 spiro atoms. The number of urea groups is 1. The molecule has 3 aromatic carbocycles. The van der Waals surface area contributed by atoms with Crippen molar-refractivity contribution in [2.75, 3.05) is 27.4 Å². The van der Waals surface area contributed by atoms with Crippen LogP contribution in [0.4, 0.5) is 4.79 Å². The number of hydrazone groups is 1. The standard InChI is InChI=1S/C35H40N4O8/c1-6-11-26-16-24(17-29(43-4)33(26)47-20-23-12-9-8-10-13-23)19-36-39-30(40)21-46-27-15-14-25(18-28(27)45-7-2)32-31(34(41)44-5)22(3)37-35(42)38-32/h6,8-10,12-19,30,32,39-40H,1,7,11,20-21H2,2-5H3,(H2,37,38,42)/b36-19-/t30-,32-/m0/s1. The summed E-state index contributed by atoms with van der Waals surface area (Å²) in [5.41, 5.74) is 6.53. The van der Waals surface area contributed by atoms with E-state index in [-0.39, 0.29) is 12.2 Å². The van der Waals surface area contributed by atoms with Crippen LogP contribution in [0.15, 0.2) is 89.7 Å². The highest BCUT2D eigenvalue weighted by Crippen LogP contribution is 2.36. The SMILES string of the molecule is C=CCc1cc(/C=N\N[C@@H](O)COc2ccc([C@@H]3NC(=O)NC(C)=C3C(=O)OC)cc2OCC)cc(OC)c1OCc1ccccc1. The summed E-state index contributed by atoms with van der Waals surface area (Å²) >= 11 is 0. The Labute approximate surface area is 274 Å². The number of amides is 2. The summed E-state index contributed by atoms with van der Waals surface area (Å²) < 4.78 is 28.3. The molecule has 12 nitrogen and oxygen atoms in total. The number of methoxy groups -OCH3 is 2. The minimum atomic E-state index is -1.16. The van der Waals surface area contributed by atoms with Crippen molar-refractivity contribution in [3.8, 4) is 23.0 Å². The molecule has 2 amide bonds. The first kappa shape index (κ1) is 34.4. The van der Waals surface area contributed by atoms with Gasteiger partial charge in [0, 0.05) is 11.3 Å². The fraction of sp³-hybridized carbons (Fsp3) is 0.286. The summed E-state index contributed by atoms with van der Waals surface area (Å²) in [6.45, 7) is 7.85. The molecule has 1 aliphatic rings. The number of carbonyl (C=O) groups is 2. The maximum Gasteiger partial charge on any atom is 0.337 e. The maximum absolute atomic E-state index is 12.5. The van der Waals surface area contributed by atoms with E-state index in [1.807, 2.05) is 43.3 Å². The van der Waals surface area contributed by atoms with Crippen LogP contribution >= 0.6 is 0 Å². The van der Waals surface area contributed by atoms with Crippen LogP contribution in [0.3, 0.4) is 0 Å². The van der Waals surface area contributed by atoms with Crippen LogP contribution < -0.4 is 35.0 Å². The van der Waals surface area contributed by atoms with Crippen LogP contribution in [0.25, 0.3) is 0 Å². The van der Waals surface area contributed by atoms with Crippen LogP contribution in [0.2, 0.25) is 0 Å².